The fourth-order valence-electron chi connectivity index (χ4n) is 5.76. The molecule has 3 nitrogen and oxygen atoms in total. The third kappa shape index (κ3) is 5.48. The van der Waals surface area contributed by atoms with E-state index >= 15 is 0 Å². The molecule has 1 aromatic heterocycles. The zero-order valence-electron chi connectivity index (χ0n) is 23.3. The van der Waals surface area contributed by atoms with Gasteiger partial charge in [0, 0.05) is 6.42 Å². The number of rotatable bonds is 7. The van der Waals surface area contributed by atoms with Crippen molar-refractivity contribution in [1.82, 2.24) is 5.32 Å². The Labute approximate surface area is 227 Å². The van der Waals surface area contributed by atoms with Crippen LogP contribution in [0.4, 0.5) is 0 Å². The maximum atomic E-state index is 13.3. The van der Waals surface area contributed by atoms with Gasteiger partial charge in [0.05, 0.1) is 6.04 Å². The predicted molar refractivity (Wildman–Crippen MR) is 155 cm³/mol. The Kier molecular flexibility index (Phi) is 7.05. The van der Waals surface area contributed by atoms with Gasteiger partial charge >= 0.3 is 0 Å². The molecule has 0 saturated carbocycles. The lowest BCUT2D eigenvalue weighted by atomic mass is 9.62. The van der Waals surface area contributed by atoms with Gasteiger partial charge in [0.2, 0.25) is 0 Å². The van der Waals surface area contributed by atoms with Gasteiger partial charge in [-0.1, -0.05) is 100 Å². The molecular weight excluding hydrogens is 466 g/mol. The third-order valence-electron chi connectivity index (χ3n) is 8.35. The maximum Gasteiger partial charge on any atom is 0.287 e. The quantitative estimate of drug-likeness (QED) is 0.275. The molecule has 1 aliphatic carbocycles. The lowest BCUT2D eigenvalue weighted by Crippen LogP contribution is -2.34. The molecule has 1 N–H and O–H groups in total. The van der Waals surface area contributed by atoms with Gasteiger partial charge in [-0.2, -0.15) is 0 Å². The first-order valence-corrected chi connectivity index (χ1v) is 13.8. The minimum atomic E-state index is -0.189. The van der Waals surface area contributed by atoms with Crippen molar-refractivity contribution in [2.45, 2.75) is 77.2 Å². The lowest BCUT2D eigenvalue weighted by molar-refractivity contribution is 0.0907. The van der Waals surface area contributed by atoms with Gasteiger partial charge < -0.3 is 9.73 Å². The Bertz CT molecular complexity index is 1410. The largest absolute Gasteiger partial charge is 0.456 e. The highest BCUT2D eigenvalue weighted by molar-refractivity contribution is 5.91. The first-order valence-electron chi connectivity index (χ1n) is 13.8. The van der Waals surface area contributed by atoms with E-state index in [4.69, 9.17) is 4.42 Å². The molecule has 0 bridgehead atoms. The zero-order valence-corrected chi connectivity index (χ0v) is 23.3. The second kappa shape index (κ2) is 10.3. The van der Waals surface area contributed by atoms with Crippen molar-refractivity contribution in [3.05, 3.63) is 130 Å². The van der Waals surface area contributed by atoms with E-state index in [-0.39, 0.29) is 22.8 Å². The van der Waals surface area contributed by atoms with Crippen molar-refractivity contribution in [2.75, 3.05) is 0 Å². The first-order chi connectivity index (χ1) is 18.1. The van der Waals surface area contributed by atoms with E-state index in [1.54, 1.807) is 6.07 Å². The van der Waals surface area contributed by atoms with Crippen LogP contribution >= 0.6 is 0 Å². The van der Waals surface area contributed by atoms with Gasteiger partial charge in [-0.25, -0.2) is 0 Å². The highest BCUT2D eigenvalue weighted by Crippen LogP contribution is 2.46. The predicted octanol–water partition coefficient (Wildman–Crippen LogP) is 8.24. The molecule has 1 aliphatic rings. The van der Waals surface area contributed by atoms with E-state index in [2.05, 4.69) is 76.3 Å². The molecule has 0 radical (unpaired) electrons. The number of fused-ring (bicyclic) bond motifs is 1. The van der Waals surface area contributed by atoms with E-state index in [0.29, 0.717) is 18.6 Å². The van der Waals surface area contributed by atoms with E-state index in [1.165, 1.54) is 40.7 Å². The van der Waals surface area contributed by atoms with Crippen molar-refractivity contribution in [2.24, 2.45) is 0 Å². The van der Waals surface area contributed by atoms with Crippen LogP contribution in [-0.2, 0) is 23.7 Å². The van der Waals surface area contributed by atoms with Gasteiger partial charge in [-0.05, 0) is 82.5 Å². The van der Waals surface area contributed by atoms with Crippen LogP contribution in [0.3, 0.4) is 0 Å². The minimum Gasteiger partial charge on any atom is -0.456 e. The highest BCUT2D eigenvalue weighted by atomic mass is 16.3. The van der Waals surface area contributed by atoms with E-state index < -0.39 is 0 Å². The summed E-state index contributed by atoms with van der Waals surface area (Å²) < 4.78 is 6.12. The van der Waals surface area contributed by atoms with Gasteiger partial charge in [0.15, 0.2) is 5.76 Å². The van der Waals surface area contributed by atoms with E-state index in [9.17, 15) is 4.79 Å². The number of amides is 1. The first kappa shape index (κ1) is 26.0. The normalized spacial score (nSPS) is 16.4. The van der Waals surface area contributed by atoms with Crippen LogP contribution in [0.5, 0.6) is 0 Å². The van der Waals surface area contributed by atoms with Crippen molar-refractivity contribution in [1.29, 1.82) is 0 Å². The summed E-state index contributed by atoms with van der Waals surface area (Å²) >= 11 is 0. The molecule has 1 unspecified atom stereocenters. The smallest absolute Gasteiger partial charge is 0.287 e. The van der Waals surface area contributed by atoms with Crippen LogP contribution in [0.25, 0.3) is 0 Å². The molecule has 0 saturated heterocycles. The molecule has 196 valence electrons. The van der Waals surface area contributed by atoms with Crippen LogP contribution in [0.1, 0.15) is 96.3 Å². The van der Waals surface area contributed by atoms with Crippen LogP contribution in [-0.4, -0.2) is 5.91 Å². The standard InChI is InChI=1S/C35H39NO2/c1-24-20-29-30(35(4,5)19-18-34(29,2)3)23-27(24)22-28-16-17-32(38-28)33(37)36-31(26-14-10-7-11-15-26)21-25-12-8-6-9-13-25/h6-17,20,23,31H,18-19,21-22H2,1-5H3,(H,36,37). The number of nitrogens with one attached hydrogen (secondary N) is 1. The second-order valence-corrected chi connectivity index (χ2v) is 12.2. The third-order valence-corrected chi connectivity index (χ3v) is 8.35. The summed E-state index contributed by atoms with van der Waals surface area (Å²) in [5.74, 6) is 0.975. The molecule has 38 heavy (non-hydrogen) atoms. The number of benzene rings is 3. The summed E-state index contributed by atoms with van der Waals surface area (Å²) in [6.45, 7) is 11.6. The summed E-state index contributed by atoms with van der Waals surface area (Å²) in [6, 6.07) is 28.8. The fraction of sp³-hybridized carbons (Fsp3) is 0.343. The van der Waals surface area contributed by atoms with E-state index in [0.717, 1.165) is 11.3 Å². The molecule has 0 aliphatic heterocycles. The number of furan rings is 1. The molecule has 3 aromatic carbocycles. The molecule has 0 spiro atoms. The monoisotopic (exact) mass is 505 g/mol. The van der Waals surface area contributed by atoms with Crippen molar-refractivity contribution in [3.8, 4) is 0 Å². The summed E-state index contributed by atoms with van der Waals surface area (Å²) in [7, 11) is 0. The van der Waals surface area contributed by atoms with Gasteiger partial charge in [-0.15, -0.1) is 0 Å². The van der Waals surface area contributed by atoms with Gasteiger partial charge in [0.25, 0.3) is 5.91 Å². The van der Waals surface area contributed by atoms with Crippen LogP contribution in [0.15, 0.2) is 89.3 Å². The average Bonchev–Trinajstić information content (AvgIpc) is 3.37. The van der Waals surface area contributed by atoms with Crippen molar-refractivity contribution >= 4 is 5.91 Å². The average molecular weight is 506 g/mol. The molecule has 1 atom stereocenters. The molecule has 3 heteroatoms. The highest BCUT2D eigenvalue weighted by Gasteiger charge is 2.37. The lowest BCUT2D eigenvalue weighted by Gasteiger charge is -2.42. The van der Waals surface area contributed by atoms with Crippen LogP contribution in [0, 0.1) is 6.92 Å². The van der Waals surface area contributed by atoms with E-state index in [1.807, 2.05) is 42.5 Å². The molecule has 5 rings (SSSR count). The minimum absolute atomic E-state index is 0.145. The Morgan fingerprint density at radius 2 is 1.45 bits per heavy atom. The summed E-state index contributed by atoms with van der Waals surface area (Å²) in [6.07, 6.45) is 3.78. The molecule has 4 aromatic rings. The summed E-state index contributed by atoms with van der Waals surface area (Å²) in [4.78, 5) is 13.3. The molecular formula is C35H39NO2. The summed E-state index contributed by atoms with van der Waals surface area (Å²) in [5, 5.41) is 3.21. The molecule has 0 fully saturated rings. The Balaban J connectivity index is 1.35. The summed E-state index contributed by atoms with van der Waals surface area (Å²) in [5.41, 5.74) is 8.07. The van der Waals surface area contributed by atoms with Crippen LogP contribution < -0.4 is 5.32 Å². The van der Waals surface area contributed by atoms with Crippen LogP contribution in [0.2, 0.25) is 0 Å². The number of hydrogen-bond donors (Lipinski definition) is 1. The topological polar surface area (TPSA) is 42.2 Å². The van der Waals surface area contributed by atoms with Crippen molar-refractivity contribution in [3.63, 3.8) is 0 Å². The van der Waals surface area contributed by atoms with Gasteiger partial charge in [-0.3, -0.25) is 4.79 Å². The number of hydrogen-bond acceptors (Lipinski definition) is 2. The Hall–Kier alpha value is -3.59. The SMILES string of the molecule is Cc1cc2c(cc1Cc1ccc(C(=O)NC(Cc3ccccc3)c3ccccc3)o1)C(C)(C)CCC2(C)C. The molecule has 1 heterocycles. The molecule has 1 amide bonds. The number of carbonyl (C=O) groups excluding carboxylic acids is 1. The number of carbonyl (C=O) groups is 1. The van der Waals surface area contributed by atoms with Crippen molar-refractivity contribution < 1.29 is 9.21 Å². The maximum absolute atomic E-state index is 13.3. The second-order valence-electron chi connectivity index (χ2n) is 12.2. The Morgan fingerprint density at radius 1 is 0.842 bits per heavy atom. The zero-order chi connectivity index (χ0) is 26.9. The van der Waals surface area contributed by atoms with Gasteiger partial charge in [0.1, 0.15) is 5.76 Å². The Morgan fingerprint density at radius 3 is 2.11 bits per heavy atom. The fourth-order valence-corrected chi connectivity index (χ4v) is 5.76. The number of aryl methyl sites for hydroxylation is 1.